The van der Waals surface area contributed by atoms with Crippen LogP contribution in [0.15, 0.2) is 46.1 Å². The number of anilines is 1. The number of carbonyl (C=O) groups excluding carboxylic acids is 7. The van der Waals surface area contributed by atoms with Crippen molar-refractivity contribution in [2.45, 2.75) is 143 Å². The maximum Gasteiger partial charge on any atom is 0.325 e. The van der Waals surface area contributed by atoms with Gasteiger partial charge in [0.1, 0.15) is 59.0 Å². The van der Waals surface area contributed by atoms with Crippen LogP contribution >= 0.6 is 8.46 Å². The standard InChI is InChI=1S/C59H81N6O17P/c1-30(2)28-65-22-20-59(21-23-65)62-47-44-45-51(72)36(8)55-46(44)56(74)58(11,82-55)79-25-19-39(77-13)33(5)54(80-38(10)67)35(7)50(71)34(6)53(31(3)15-14-16-32(4)57(75)61-49(52(45)73)48(47)63-59)81-43(70)29-64(12)24-26-78-42(69)27-60-41(68)18-17-40(83-76)37(9)66/h14-16,19,25,30-31,33-35,39-40,50,53-54,62,71-73H,17-18,20-24,26-29H2,1-13H3,(H,60,68)/b15-14?,25-19?,32-16-,61-49?. The average Bonchev–Trinajstić information content (AvgIpc) is 2.27. The smallest absolute Gasteiger partial charge is 0.325 e. The summed E-state index contributed by atoms with van der Waals surface area (Å²) < 4.78 is 46.9. The van der Waals surface area contributed by atoms with E-state index in [1.54, 1.807) is 51.8 Å². The number of phenols is 2. The summed E-state index contributed by atoms with van der Waals surface area (Å²) in [6.07, 6.45) is 4.22. The molecular formula is C59H81N6O17P. The van der Waals surface area contributed by atoms with Gasteiger partial charge in [-0.25, -0.2) is 4.99 Å². The first kappa shape index (κ1) is 65.5. The summed E-state index contributed by atoms with van der Waals surface area (Å²) in [6.45, 7) is 19.5. The van der Waals surface area contributed by atoms with Crippen LogP contribution in [-0.4, -0.2) is 168 Å². The number of likely N-dealkylation sites (tertiary alicyclic amines) is 1. The number of Topliss-reactive ketones (excluding diaryl/α,β-unsaturated/α-hetero) is 2. The summed E-state index contributed by atoms with van der Waals surface area (Å²) in [7, 11) is 2.63. The van der Waals surface area contributed by atoms with Crippen molar-refractivity contribution in [3.63, 3.8) is 0 Å². The summed E-state index contributed by atoms with van der Waals surface area (Å²) in [5.74, 6) is -10.0. The number of esters is 3. The number of hydrogen-bond donors (Lipinski definition) is 5. The summed E-state index contributed by atoms with van der Waals surface area (Å²) in [6, 6.07) is 0. The number of piperidine rings is 1. The number of amides is 2. The number of benzene rings is 2. The third kappa shape index (κ3) is 15.2. The summed E-state index contributed by atoms with van der Waals surface area (Å²) in [5.41, 5.74) is -1.24. The van der Waals surface area contributed by atoms with Crippen LogP contribution in [0.4, 0.5) is 5.69 Å². The van der Waals surface area contributed by atoms with E-state index in [-0.39, 0.29) is 87.9 Å². The van der Waals surface area contributed by atoms with Crippen molar-refractivity contribution in [2.75, 3.05) is 65.3 Å². The van der Waals surface area contributed by atoms with E-state index in [1.165, 1.54) is 60.1 Å². The van der Waals surface area contributed by atoms with Gasteiger partial charge in [-0.05, 0) is 46.2 Å². The predicted octanol–water partition coefficient (Wildman–Crippen LogP) is 4.92. The molecule has 2 aromatic rings. The van der Waals surface area contributed by atoms with Crippen molar-refractivity contribution in [3.8, 4) is 17.2 Å². The number of aliphatic hydroxyl groups excluding tert-OH is 1. The van der Waals surface area contributed by atoms with Gasteiger partial charge in [0.2, 0.25) is 5.91 Å². The fourth-order valence-corrected chi connectivity index (χ4v) is 11.5. The number of nitrogens with one attached hydrogen (secondary N) is 2. The fourth-order valence-electron chi connectivity index (χ4n) is 11.2. The van der Waals surface area contributed by atoms with Crippen LogP contribution in [0.2, 0.25) is 0 Å². The highest BCUT2D eigenvalue weighted by atomic mass is 31.1. The first-order valence-corrected chi connectivity index (χ1v) is 29.0. The van der Waals surface area contributed by atoms with Crippen molar-refractivity contribution in [3.05, 3.63) is 58.0 Å². The Balaban J connectivity index is 1.36. The van der Waals surface area contributed by atoms with Gasteiger partial charge in [0.05, 0.1) is 47.3 Å². The van der Waals surface area contributed by atoms with Gasteiger partial charge in [-0.2, -0.15) is 0 Å². The van der Waals surface area contributed by atoms with E-state index in [0.717, 1.165) is 6.54 Å². The minimum atomic E-state index is -2.03. The zero-order chi connectivity index (χ0) is 61.4. The monoisotopic (exact) mass is 1180 g/mol. The average molecular weight is 1180 g/mol. The molecule has 1 spiro atoms. The SMILES string of the molecule is COC1C=COC2(C)Oc3c(C)c(O)c4c(O)c(c5c(c4c3C2=O)NC2(CCN(CC(C)C)CC2)N=5)=NC(=O)/C(C)=C\C=CC(C)C(OC(=O)CN(C)CCOC(=O)CNC(=O)CCC(P=O)C(C)=O)C(C)C(O)C(C)C(OC(C)=O)C1C. The molecule has 2 amide bonds. The fraction of sp³-hybridized carbons (Fsp3) is 0.610. The number of methoxy groups -OCH3 is 1. The Morgan fingerprint density at radius 2 is 1.63 bits per heavy atom. The number of carbonyl (C=O) groups is 7. The largest absolute Gasteiger partial charge is 0.507 e. The number of nitrogens with zero attached hydrogens (tertiary/aromatic N) is 4. The van der Waals surface area contributed by atoms with E-state index in [9.17, 15) is 53.4 Å². The number of phenolic OH excluding ortho intramolecular Hbond substituents is 2. The molecule has 1 saturated heterocycles. The molecule has 4 aliphatic heterocycles. The number of fused-ring (bicyclic) bond motifs is 1. The lowest BCUT2D eigenvalue weighted by Crippen LogP contribution is -2.48. The van der Waals surface area contributed by atoms with Gasteiger partial charge in [-0.3, -0.25) is 48.0 Å². The van der Waals surface area contributed by atoms with Crippen molar-refractivity contribution in [2.24, 2.45) is 39.6 Å². The molecule has 23 nitrogen and oxygen atoms in total. The topological polar surface area (TPSA) is 308 Å². The quantitative estimate of drug-likeness (QED) is 0.0607. The van der Waals surface area contributed by atoms with E-state index in [4.69, 9.17) is 33.4 Å². The molecule has 1 fully saturated rings. The molecule has 24 heteroatoms. The zero-order valence-electron chi connectivity index (χ0n) is 49.7. The number of likely N-dealkylation sites (N-methyl/N-ethyl adjacent to an activating group) is 1. The van der Waals surface area contributed by atoms with Crippen molar-refractivity contribution >= 4 is 66.2 Å². The number of aliphatic hydroxyl groups is 1. The molecule has 0 radical (unpaired) electrons. The molecule has 4 aliphatic rings. The molecule has 0 saturated carbocycles. The molecule has 10 atom stereocenters. The molecule has 4 heterocycles. The molecule has 0 aromatic heterocycles. The number of allylic oxidation sites excluding steroid dienone is 2. The Labute approximate surface area is 485 Å². The highest BCUT2D eigenvalue weighted by Crippen LogP contribution is 2.51. The van der Waals surface area contributed by atoms with Crippen molar-refractivity contribution < 1.29 is 81.9 Å². The highest BCUT2D eigenvalue weighted by Gasteiger charge is 2.51. The van der Waals surface area contributed by atoms with E-state index in [1.807, 2.05) is 0 Å². The number of aromatic hydroxyl groups is 2. The Hall–Kier alpha value is -6.65. The van der Waals surface area contributed by atoms with E-state index in [2.05, 4.69) is 34.4 Å². The molecular weight excluding hydrogens is 1100 g/mol. The molecule has 5 N–H and O–H groups in total. The van der Waals surface area contributed by atoms with Gasteiger partial charge < -0.3 is 59.3 Å². The number of rotatable bonds is 17. The summed E-state index contributed by atoms with van der Waals surface area (Å²) in [4.78, 5) is 106. The lowest BCUT2D eigenvalue weighted by Gasteiger charge is -2.39. The molecule has 4 bridgehead atoms. The molecule has 454 valence electrons. The Morgan fingerprint density at radius 1 is 0.952 bits per heavy atom. The van der Waals surface area contributed by atoms with Crippen molar-refractivity contribution in [1.29, 1.82) is 0 Å². The van der Waals surface area contributed by atoms with E-state index < -0.39 is 127 Å². The predicted molar refractivity (Wildman–Crippen MR) is 304 cm³/mol. The second kappa shape index (κ2) is 27.8. The van der Waals surface area contributed by atoms with Gasteiger partial charge in [0.15, 0.2) is 14.2 Å². The van der Waals surface area contributed by atoms with Crippen LogP contribution < -0.4 is 26.1 Å². The lowest BCUT2D eigenvalue weighted by molar-refractivity contribution is -0.165. The summed E-state index contributed by atoms with van der Waals surface area (Å²) in [5, 5.41) is 42.4. The Kier molecular flexibility index (Phi) is 22.0. The number of hydrogen-bond acceptors (Lipinski definition) is 21. The van der Waals surface area contributed by atoms with E-state index in [0.29, 0.717) is 31.8 Å². The van der Waals surface area contributed by atoms with Crippen LogP contribution in [0.3, 0.4) is 0 Å². The Bertz CT molecular complexity index is 3060. The molecule has 2 aromatic carbocycles. The zero-order valence-corrected chi connectivity index (χ0v) is 50.6. The van der Waals surface area contributed by atoms with Crippen LogP contribution in [0.5, 0.6) is 17.2 Å². The third-order valence-corrected chi connectivity index (χ3v) is 16.8. The van der Waals surface area contributed by atoms with Gasteiger partial charge in [0, 0.05) is 107 Å². The molecule has 6 rings (SSSR count). The van der Waals surface area contributed by atoms with Crippen LogP contribution in [-0.2, 0) is 57.0 Å². The Morgan fingerprint density at radius 3 is 2.25 bits per heavy atom. The van der Waals surface area contributed by atoms with Crippen LogP contribution in [0, 0.1) is 36.5 Å². The number of ether oxygens (including phenoxy) is 6. The van der Waals surface area contributed by atoms with E-state index >= 15 is 0 Å². The lowest BCUT2D eigenvalue weighted by atomic mass is 9.78. The van der Waals surface area contributed by atoms with Gasteiger partial charge in [-0.1, -0.05) is 59.8 Å². The molecule has 10 unspecified atom stereocenters. The van der Waals surface area contributed by atoms with Crippen molar-refractivity contribution in [1.82, 2.24) is 15.1 Å². The van der Waals surface area contributed by atoms with Gasteiger partial charge >= 0.3 is 23.7 Å². The highest BCUT2D eigenvalue weighted by molar-refractivity contribution is 7.26. The minimum Gasteiger partial charge on any atom is -0.507 e. The first-order chi connectivity index (χ1) is 39.1. The van der Waals surface area contributed by atoms with Crippen LogP contribution in [0.25, 0.3) is 10.8 Å². The first-order valence-electron chi connectivity index (χ1n) is 28.1. The number of ketones is 2. The maximum absolute atomic E-state index is 14.9. The normalized spacial score (nSPS) is 26.6. The third-order valence-electron chi connectivity index (χ3n) is 15.9. The molecule has 0 aliphatic carbocycles. The second-order valence-electron chi connectivity index (χ2n) is 22.9. The second-order valence-corrected chi connectivity index (χ2v) is 23.8. The summed E-state index contributed by atoms with van der Waals surface area (Å²) >= 11 is 0. The van der Waals surface area contributed by atoms with Crippen LogP contribution in [0.1, 0.15) is 111 Å². The van der Waals surface area contributed by atoms with Gasteiger partial charge in [0.25, 0.3) is 11.7 Å². The minimum absolute atomic E-state index is 0.00777. The maximum atomic E-state index is 14.9. The van der Waals surface area contributed by atoms with Gasteiger partial charge in [-0.15, -0.1) is 0 Å². The molecule has 83 heavy (non-hydrogen) atoms.